The molecule has 1 rings (SSSR count). The number of halogens is 1. The quantitative estimate of drug-likeness (QED) is 0.542. The zero-order chi connectivity index (χ0) is 4.41. The Morgan fingerprint density at radius 2 is 1.83 bits per heavy atom. The molecule has 0 aliphatic carbocycles. The van der Waals surface area contributed by atoms with E-state index in [1.54, 1.807) is 0 Å². The molecule has 1 saturated heterocycles. The SMILES string of the molecule is [Cl][Sb]1[O]CC[O]1. The Hall–Kier alpha value is 1.03. The molecule has 6 heavy (non-hydrogen) atoms. The second kappa shape index (κ2) is 2.36. The van der Waals surface area contributed by atoms with E-state index in [0.717, 1.165) is 0 Å². The molecule has 2 nitrogen and oxygen atoms in total. The minimum absolute atomic E-state index is 0.715. The van der Waals surface area contributed by atoms with Gasteiger partial charge in [0.05, 0.1) is 0 Å². The summed E-state index contributed by atoms with van der Waals surface area (Å²) in [6.45, 7) is 1.43. The third-order valence-electron chi connectivity index (χ3n) is 0.469. The van der Waals surface area contributed by atoms with Crippen LogP contribution in [0.1, 0.15) is 0 Å². The van der Waals surface area contributed by atoms with Crippen LogP contribution < -0.4 is 0 Å². The molecular weight excluding hydrogens is 213 g/mol. The van der Waals surface area contributed by atoms with Crippen LogP contribution >= 0.6 is 8.83 Å². The Bertz CT molecular complexity index is 44.8. The van der Waals surface area contributed by atoms with Crippen molar-refractivity contribution in [3.8, 4) is 0 Å². The molecule has 0 aromatic heterocycles. The van der Waals surface area contributed by atoms with Gasteiger partial charge in [-0.1, -0.05) is 0 Å². The van der Waals surface area contributed by atoms with Crippen molar-refractivity contribution in [2.75, 3.05) is 13.2 Å². The van der Waals surface area contributed by atoms with Crippen LogP contribution in [-0.2, 0) is 6.03 Å². The molecule has 0 aromatic carbocycles. The van der Waals surface area contributed by atoms with Crippen molar-refractivity contribution >= 4 is 28.7 Å². The first-order valence-corrected chi connectivity index (χ1v) is 6.93. The van der Waals surface area contributed by atoms with Crippen molar-refractivity contribution in [2.45, 2.75) is 0 Å². The molecule has 0 saturated carbocycles. The Kier molecular flexibility index (Phi) is 2.04. The van der Waals surface area contributed by atoms with E-state index in [0.29, 0.717) is 13.2 Å². The monoisotopic (exact) mass is 216 g/mol. The van der Waals surface area contributed by atoms with Crippen molar-refractivity contribution in [2.24, 2.45) is 0 Å². The molecular formula is C2H4ClO2Sb. The molecule has 0 bridgehead atoms. The summed E-state index contributed by atoms with van der Waals surface area (Å²) in [5.74, 6) is 0. The van der Waals surface area contributed by atoms with Gasteiger partial charge < -0.3 is 0 Å². The average Bonchev–Trinajstić information content (AvgIpc) is 1.86. The topological polar surface area (TPSA) is 18.5 Å². The number of hydrogen-bond donors (Lipinski definition) is 0. The summed E-state index contributed by atoms with van der Waals surface area (Å²) in [5, 5.41) is 0. The normalized spacial score (nSPS) is 25.5. The summed E-state index contributed by atoms with van der Waals surface area (Å²) in [4.78, 5) is 0. The van der Waals surface area contributed by atoms with Crippen molar-refractivity contribution in [3.05, 3.63) is 0 Å². The fourth-order valence-corrected chi connectivity index (χ4v) is 2.64. The van der Waals surface area contributed by atoms with Crippen LogP contribution in [0.3, 0.4) is 0 Å². The van der Waals surface area contributed by atoms with Gasteiger partial charge >= 0.3 is 48.0 Å². The van der Waals surface area contributed by atoms with E-state index in [1.807, 2.05) is 0 Å². The van der Waals surface area contributed by atoms with Gasteiger partial charge in [0.25, 0.3) is 0 Å². The zero-order valence-corrected chi connectivity index (χ0v) is 6.36. The van der Waals surface area contributed by atoms with Crippen LogP contribution in [0.2, 0.25) is 0 Å². The van der Waals surface area contributed by atoms with Crippen molar-refractivity contribution in [1.82, 2.24) is 0 Å². The van der Waals surface area contributed by atoms with E-state index in [9.17, 15) is 0 Å². The minimum atomic E-state index is -1.93. The zero-order valence-electron chi connectivity index (χ0n) is 3.06. The Morgan fingerprint density at radius 1 is 1.33 bits per heavy atom. The van der Waals surface area contributed by atoms with Gasteiger partial charge in [0, 0.05) is 0 Å². The average molecular weight is 217 g/mol. The Labute approximate surface area is 48.1 Å². The van der Waals surface area contributed by atoms with Crippen LogP contribution in [0.5, 0.6) is 0 Å². The van der Waals surface area contributed by atoms with Crippen LogP contribution in [0.15, 0.2) is 0 Å². The molecule has 0 aromatic rings. The van der Waals surface area contributed by atoms with Gasteiger partial charge in [-0.2, -0.15) is 0 Å². The van der Waals surface area contributed by atoms with E-state index >= 15 is 0 Å². The van der Waals surface area contributed by atoms with Gasteiger partial charge in [-0.25, -0.2) is 0 Å². The molecule has 1 aliphatic rings. The standard InChI is InChI=1S/C2H4O2.ClH.Sb/c3-1-2-4;;/h1-2H2;1H;/q-2;;+3/p-1. The van der Waals surface area contributed by atoms with E-state index in [4.69, 9.17) is 14.9 Å². The molecule has 0 radical (unpaired) electrons. The fraction of sp³-hybridized carbons (Fsp3) is 1.00. The van der Waals surface area contributed by atoms with Crippen LogP contribution in [0, 0.1) is 0 Å². The van der Waals surface area contributed by atoms with Gasteiger partial charge in [0.2, 0.25) is 0 Å². The summed E-state index contributed by atoms with van der Waals surface area (Å²) in [7, 11) is 5.45. The molecule has 1 heterocycles. The third-order valence-corrected chi connectivity index (χ3v) is 3.98. The molecule has 36 valence electrons. The molecule has 0 spiro atoms. The van der Waals surface area contributed by atoms with E-state index in [-0.39, 0.29) is 0 Å². The molecule has 0 atom stereocenters. The summed E-state index contributed by atoms with van der Waals surface area (Å²) < 4.78 is 9.76. The summed E-state index contributed by atoms with van der Waals surface area (Å²) in [6, 6.07) is 0. The first kappa shape index (κ1) is 5.17. The predicted molar refractivity (Wildman–Crippen MR) is 23.5 cm³/mol. The van der Waals surface area contributed by atoms with Crippen molar-refractivity contribution in [1.29, 1.82) is 0 Å². The van der Waals surface area contributed by atoms with Crippen LogP contribution in [0.4, 0.5) is 0 Å². The Balaban J connectivity index is 2.18. The molecule has 1 aliphatic heterocycles. The van der Waals surface area contributed by atoms with Crippen molar-refractivity contribution < 1.29 is 6.03 Å². The van der Waals surface area contributed by atoms with Gasteiger partial charge in [0.1, 0.15) is 0 Å². The summed E-state index contributed by atoms with van der Waals surface area (Å²) >= 11 is -1.93. The molecule has 0 unspecified atom stereocenters. The second-order valence-electron chi connectivity index (χ2n) is 0.879. The van der Waals surface area contributed by atoms with Gasteiger partial charge in [-0.05, 0) is 0 Å². The fourth-order valence-electron chi connectivity index (χ4n) is 0.255. The Morgan fingerprint density at radius 3 is 2.00 bits per heavy atom. The molecule has 0 amide bonds. The third kappa shape index (κ3) is 1.27. The van der Waals surface area contributed by atoms with Crippen LogP contribution in [-0.4, -0.2) is 33.1 Å². The molecule has 4 heteroatoms. The van der Waals surface area contributed by atoms with E-state index in [1.165, 1.54) is 0 Å². The first-order chi connectivity index (χ1) is 2.89. The maximum atomic E-state index is 5.45. The van der Waals surface area contributed by atoms with Crippen molar-refractivity contribution in [3.63, 3.8) is 0 Å². The molecule has 0 N–H and O–H groups in total. The van der Waals surface area contributed by atoms with E-state index < -0.39 is 19.9 Å². The maximum absolute atomic E-state index is 5.45. The van der Waals surface area contributed by atoms with Gasteiger partial charge in [-0.3, -0.25) is 0 Å². The predicted octanol–water partition coefficient (Wildman–Crippen LogP) is 0.257. The number of hydrogen-bond acceptors (Lipinski definition) is 2. The second-order valence-corrected chi connectivity index (χ2v) is 5.42. The van der Waals surface area contributed by atoms with E-state index in [2.05, 4.69) is 0 Å². The number of rotatable bonds is 0. The van der Waals surface area contributed by atoms with Gasteiger partial charge in [-0.15, -0.1) is 0 Å². The van der Waals surface area contributed by atoms with Crippen LogP contribution in [0.25, 0.3) is 0 Å². The molecule has 1 fully saturated rings. The van der Waals surface area contributed by atoms with Gasteiger partial charge in [0.15, 0.2) is 0 Å². The first-order valence-electron chi connectivity index (χ1n) is 1.61. The summed E-state index contributed by atoms with van der Waals surface area (Å²) in [6.07, 6.45) is 0. The summed E-state index contributed by atoms with van der Waals surface area (Å²) in [5.41, 5.74) is 0.